The van der Waals surface area contributed by atoms with Crippen LogP contribution in [0.1, 0.15) is 17.3 Å². The lowest BCUT2D eigenvalue weighted by molar-refractivity contribution is -0.114. The highest BCUT2D eigenvalue weighted by atomic mass is 35.5. The summed E-state index contributed by atoms with van der Waals surface area (Å²) in [6, 6.07) is 8.30. The Balaban J connectivity index is 1.71. The van der Waals surface area contributed by atoms with E-state index in [1.165, 1.54) is 18.7 Å². The number of ketones is 1. The number of amides is 1. The first-order valence-corrected chi connectivity index (χ1v) is 8.91. The van der Waals surface area contributed by atoms with Gasteiger partial charge in [0.05, 0.1) is 15.8 Å². The molecule has 0 radical (unpaired) electrons. The van der Waals surface area contributed by atoms with Gasteiger partial charge in [-0.05, 0) is 30.3 Å². The molecule has 0 aliphatic rings. The predicted octanol–water partition coefficient (Wildman–Crippen LogP) is 3.97. The maximum absolute atomic E-state index is 12.3. The van der Waals surface area contributed by atoms with Crippen LogP contribution in [-0.4, -0.2) is 32.0 Å². The zero-order chi connectivity index (χ0) is 18.0. The van der Waals surface area contributed by atoms with Gasteiger partial charge in [-0.2, -0.15) is 0 Å². The van der Waals surface area contributed by atoms with Crippen molar-refractivity contribution >= 4 is 58.0 Å². The van der Waals surface area contributed by atoms with Crippen molar-refractivity contribution in [1.82, 2.24) is 14.6 Å². The second-order valence-corrected chi connectivity index (χ2v) is 6.94. The molecule has 0 aliphatic heterocycles. The number of hydrogen-bond donors (Lipinski definition) is 1. The van der Waals surface area contributed by atoms with Crippen LogP contribution in [0.15, 0.2) is 41.7 Å². The minimum absolute atomic E-state index is 0.0655. The number of thioether (sulfide) groups is 1. The Morgan fingerprint density at radius 3 is 2.60 bits per heavy atom. The molecule has 3 aromatic rings. The molecule has 0 fully saturated rings. The first kappa shape index (κ1) is 17.7. The monoisotopic (exact) mass is 394 g/mol. The average Bonchev–Trinajstić information content (AvgIpc) is 2.96. The second-order valence-electron chi connectivity index (χ2n) is 5.15. The molecule has 0 atom stereocenters. The van der Waals surface area contributed by atoms with E-state index in [-0.39, 0.29) is 17.4 Å². The number of halogens is 2. The van der Waals surface area contributed by atoms with Crippen molar-refractivity contribution in [3.8, 4) is 0 Å². The fourth-order valence-electron chi connectivity index (χ4n) is 2.16. The molecule has 3 rings (SSSR count). The fraction of sp³-hybridized carbons (Fsp3) is 0.125. The predicted molar refractivity (Wildman–Crippen MR) is 98.8 cm³/mol. The lowest BCUT2D eigenvalue weighted by atomic mass is 10.1. The molecule has 128 valence electrons. The quantitative estimate of drug-likeness (QED) is 0.523. The van der Waals surface area contributed by atoms with Crippen LogP contribution in [0.25, 0.3) is 5.65 Å². The Kier molecular flexibility index (Phi) is 5.27. The molecule has 1 N–H and O–H groups in total. The van der Waals surface area contributed by atoms with Gasteiger partial charge in [-0.15, -0.1) is 10.2 Å². The minimum atomic E-state index is -0.161. The van der Waals surface area contributed by atoms with Crippen LogP contribution >= 0.6 is 35.0 Å². The van der Waals surface area contributed by atoms with Gasteiger partial charge in [0.1, 0.15) is 0 Å². The van der Waals surface area contributed by atoms with E-state index < -0.39 is 0 Å². The standard InChI is InChI=1S/C16H12Cl2N4O2S/c1-9(23)19-12-4-2-10(3-5-12)14(24)8-25-16-21-20-15-13(18)6-11(17)7-22(15)16/h2-7H,8H2,1H3,(H,19,23). The highest BCUT2D eigenvalue weighted by molar-refractivity contribution is 7.99. The molecule has 1 amide bonds. The number of fused-ring (bicyclic) bond motifs is 1. The van der Waals surface area contributed by atoms with Crippen molar-refractivity contribution in [1.29, 1.82) is 0 Å². The molecule has 25 heavy (non-hydrogen) atoms. The molecule has 2 heterocycles. The molecule has 6 nitrogen and oxygen atoms in total. The van der Waals surface area contributed by atoms with Crippen molar-refractivity contribution in [2.75, 3.05) is 11.1 Å². The van der Waals surface area contributed by atoms with Gasteiger partial charge < -0.3 is 5.32 Å². The summed E-state index contributed by atoms with van der Waals surface area (Å²) in [6.07, 6.45) is 1.65. The number of nitrogens with one attached hydrogen (secondary N) is 1. The molecule has 0 spiro atoms. The largest absolute Gasteiger partial charge is 0.326 e. The minimum Gasteiger partial charge on any atom is -0.326 e. The number of rotatable bonds is 5. The van der Waals surface area contributed by atoms with Gasteiger partial charge in [0.2, 0.25) is 5.91 Å². The average molecular weight is 395 g/mol. The number of aromatic nitrogens is 3. The number of nitrogens with zero attached hydrogens (tertiary/aromatic N) is 3. The van der Waals surface area contributed by atoms with E-state index in [0.29, 0.717) is 32.1 Å². The van der Waals surface area contributed by atoms with Crippen molar-refractivity contribution in [2.45, 2.75) is 12.1 Å². The summed E-state index contributed by atoms with van der Waals surface area (Å²) in [5.74, 6) is -0.0420. The van der Waals surface area contributed by atoms with Gasteiger partial charge in [0, 0.05) is 24.4 Å². The maximum atomic E-state index is 12.3. The number of Topliss-reactive ketones (excluding diaryl/α,β-unsaturated/α-hetero) is 1. The normalized spacial score (nSPS) is 10.8. The molecule has 0 saturated heterocycles. The van der Waals surface area contributed by atoms with Gasteiger partial charge in [-0.25, -0.2) is 0 Å². The smallest absolute Gasteiger partial charge is 0.221 e. The van der Waals surface area contributed by atoms with Crippen LogP contribution in [0.5, 0.6) is 0 Å². The fourth-order valence-corrected chi connectivity index (χ4v) is 3.47. The number of carbonyl (C=O) groups is 2. The van der Waals surface area contributed by atoms with Gasteiger partial charge in [0.25, 0.3) is 0 Å². The molecule has 0 unspecified atom stereocenters. The lowest BCUT2D eigenvalue weighted by Crippen LogP contribution is -2.07. The van der Waals surface area contributed by atoms with E-state index in [2.05, 4.69) is 15.5 Å². The third-order valence-electron chi connectivity index (χ3n) is 3.25. The van der Waals surface area contributed by atoms with E-state index in [1.54, 1.807) is 40.9 Å². The van der Waals surface area contributed by atoms with Crippen LogP contribution in [0, 0.1) is 0 Å². The van der Waals surface area contributed by atoms with Crippen molar-refractivity contribution < 1.29 is 9.59 Å². The van der Waals surface area contributed by atoms with E-state index in [9.17, 15) is 9.59 Å². The summed E-state index contributed by atoms with van der Waals surface area (Å²) in [6.45, 7) is 1.43. The number of benzene rings is 1. The third-order valence-corrected chi connectivity index (χ3v) is 4.68. The highest BCUT2D eigenvalue weighted by Crippen LogP contribution is 2.25. The molecule has 0 bridgehead atoms. The Labute approximate surface area is 157 Å². The molecule has 2 aromatic heterocycles. The van der Waals surface area contributed by atoms with Crippen LogP contribution in [-0.2, 0) is 4.79 Å². The van der Waals surface area contributed by atoms with Gasteiger partial charge in [-0.1, -0.05) is 35.0 Å². The lowest BCUT2D eigenvalue weighted by Gasteiger charge is -2.04. The van der Waals surface area contributed by atoms with Crippen LogP contribution < -0.4 is 5.32 Å². The van der Waals surface area contributed by atoms with Crippen molar-refractivity contribution in [2.24, 2.45) is 0 Å². The SMILES string of the molecule is CC(=O)Nc1ccc(C(=O)CSc2nnc3c(Cl)cc(Cl)cn23)cc1. The van der Waals surface area contributed by atoms with Crippen LogP contribution in [0.2, 0.25) is 10.0 Å². The van der Waals surface area contributed by atoms with Gasteiger partial charge >= 0.3 is 0 Å². The first-order chi connectivity index (χ1) is 11.9. The zero-order valence-electron chi connectivity index (χ0n) is 13.0. The highest BCUT2D eigenvalue weighted by Gasteiger charge is 2.13. The Morgan fingerprint density at radius 1 is 1.20 bits per heavy atom. The van der Waals surface area contributed by atoms with E-state index >= 15 is 0 Å². The number of carbonyl (C=O) groups excluding carboxylic acids is 2. The van der Waals surface area contributed by atoms with Gasteiger partial charge in [0.15, 0.2) is 16.6 Å². The summed E-state index contributed by atoms with van der Waals surface area (Å²) in [7, 11) is 0. The van der Waals surface area contributed by atoms with Crippen LogP contribution in [0.3, 0.4) is 0 Å². The molecular weight excluding hydrogens is 383 g/mol. The molecular formula is C16H12Cl2N4O2S. The Bertz CT molecular complexity index is 957. The summed E-state index contributed by atoms with van der Waals surface area (Å²) in [5, 5.41) is 12.1. The maximum Gasteiger partial charge on any atom is 0.221 e. The zero-order valence-corrected chi connectivity index (χ0v) is 15.3. The molecule has 0 aliphatic carbocycles. The second kappa shape index (κ2) is 7.43. The number of hydrogen-bond acceptors (Lipinski definition) is 5. The number of anilines is 1. The first-order valence-electron chi connectivity index (χ1n) is 7.17. The van der Waals surface area contributed by atoms with Crippen LogP contribution in [0.4, 0.5) is 5.69 Å². The summed E-state index contributed by atoms with van der Waals surface area (Å²) < 4.78 is 1.66. The van der Waals surface area contributed by atoms with Crippen molar-refractivity contribution in [3.63, 3.8) is 0 Å². The Hall–Kier alpha value is -2.09. The van der Waals surface area contributed by atoms with E-state index in [4.69, 9.17) is 23.2 Å². The third kappa shape index (κ3) is 4.12. The van der Waals surface area contributed by atoms with E-state index in [0.717, 1.165) is 0 Å². The van der Waals surface area contributed by atoms with Crippen molar-refractivity contribution in [3.05, 3.63) is 52.1 Å². The topological polar surface area (TPSA) is 76.4 Å². The van der Waals surface area contributed by atoms with E-state index in [1.807, 2.05) is 0 Å². The Morgan fingerprint density at radius 2 is 1.92 bits per heavy atom. The summed E-state index contributed by atoms with van der Waals surface area (Å²) in [4.78, 5) is 23.3. The molecule has 1 aromatic carbocycles. The summed E-state index contributed by atoms with van der Waals surface area (Å²) >= 11 is 13.3. The summed E-state index contributed by atoms with van der Waals surface area (Å²) in [5.41, 5.74) is 1.68. The molecule has 0 saturated carbocycles. The molecule has 9 heteroatoms. The number of pyridine rings is 1. The van der Waals surface area contributed by atoms with Gasteiger partial charge in [-0.3, -0.25) is 14.0 Å².